The number of anilines is 1. The van der Waals surface area contributed by atoms with Gasteiger partial charge in [-0.25, -0.2) is 4.79 Å². The van der Waals surface area contributed by atoms with Crippen LogP contribution in [0.5, 0.6) is 11.5 Å². The van der Waals surface area contributed by atoms with Crippen molar-refractivity contribution in [2.24, 2.45) is 0 Å². The highest BCUT2D eigenvalue weighted by atomic mass is 16.5. The zero-order valence-corrected chi connectivity index (χ0v) is 18.3. The van der Waals surface area contributed by atoms with Crippen molar-refractivity contribution in [2.45, 2.75) is 40.2 Å². The SMILES string of the molecule is COc1cc2c(cc1OC)-c1c(N)c(-c3c(C)cc(C)cc3C)nc(=O)n1C(C)C2. The molecule has 1 atom stereocenters. The first-order valence-corrected chi connectivity index (χ1v) is 10.0. The van der Waals surface area contributed by atoms with Gasteiger partial charge in [-0.05, 0) is 62.9 Å². The lowest BCUT2D eigenvalue weighted by molar-refractivity contribution is 0.354. The predicted octanol–water partition coefficient (Wildman–Crippen LogP) is 4.22. The van der Waals surface area contributed by atoms with Crippen molar-refractivity contribution in [3.05, 3.63) is 57.0 Å². The zero-order valence-electron chi connectivity index (χ0n) is 18.3. The van der Waals surface area contributed by atoms with E-state index in [0.717, 1.165) is 33.4 Å². The Morgan fingerprint density at radius 3 is 2.23 bits per heavy atom. The summed E-state index contributed by atoms with van der Waals surface area (Å²) in [6, 6.07) is 7.98. The fourth-order valence-electron chi connectivity index (χ4n) is 4.70. The van der Waals surface area contributed by atoms with Gasteiger partial charge in [0.25, 0.3) is 0 Å². The molecule has 4 rings (SSSR count). The van der Waals surface area contributed by atoms with Crippen LogP contribution in [0, 0.1) is 20.8 Å². The largest absolute Gasteiger partial charge is 0.493 e. The molecule has 0 amide bonds. The Balaban J connectivity index is 2.08. The van der Waals surface area contributed by atoms with E-state index >= 15 is 0 Å². The molecule has 2 heterocycles. The van der Waals surface area contributed by atoms with Gasteiger partial charge in [-0.15, -0.1) is 0 Å². The van der Waals surface area contributed by atoms with Gasteiger partial charge >= 0.3 is 5.69 Å². The first-order chi connectivity index (χ1) is 14.3. The van der Waals surface area contributed by atoms with E-state index in [1.807, 2.05) is 32.9 Å². The number of benzene rings is 2. The number of aryl methyl sites for hydroxylation is 3. The molecule has 30 heavy (non-hydrogen) atoms. The maximum absolute atomic E-state index is 13.1. The number of fused-ring (bicyclic) bond motifs is 3. The van der Waals surface area contributed by atoms with Crippen molar-refractivity contribution in [1.82, 2.24) is 9.55 Å². The van der Waals surface area contributed by atoms with Gasteiger partial charge in [0.2, 0.25) is 0 Å². The van der Waals surface area contributed by atoms with Gasteiger partial charge in [0.05, 0.1) is 25.6 Å². The molecule has 0 saturated carbocycles. The molecule has 0 bridgehead atoms. The van der Waals surface area contributed by atoms with Crippen molar-refractivity contribution in [1.29, 1.82) is 0 Å². The topological polar surface area (TPSA) is 79.4 Å². The van der Waals surface area contributed by atoms with Crippen LogP contribution in [0.4, 0.5) is 5.69 Å². The van der Waals surface area contributed by atoms with Crippen LogP contribution in [-0.4, -0.2) is 23.8 Å². The van der Waals surface area contributed by atoms with Crippen molar-refractivity contribution >= 4 is 5.69 Å². The lowest BCUT2D eigenvalue weighted by Crippen LogP contribution is -2.32. The van der Waals surface area contributed by atoms with E-state index < -0.39 is 0 Å². The van der Waals surface area contributed by atoms with Crippen molar-refractivity contribution < 1.29 is 9.47 Å². The Kier molecular flexibility index (Phi) is 4.80. The van der Waals surface area contributed by atoms with Gasteiger partial charge in [-0.2, -0.15) is 4.98 Å². The summed E-state index contributed by atoms with van der Waals surface area (Å²) < 4.78 is 12.7. The lowest BCUT2D eigenvalue weighted by Gasteiger charge is -2.30. The molecule has 0 fully saturated rings. The summed E-state index contributed by atoms with van der Waals surface area (Å²) >= 11 is 0. The monoisotopic (exact) mass is 405 g/mol. The van der Waals surface area contributed by atoms with Crippen LogP contribution < -0.4 is 20.9 Å². The Morgan fingerprint density at radius 1 is 1.03 bits per heavy atom. The Labute approximate surface area is 176 Å². The van der Waals surface area contributed by atoms with Gasteiger partial charge in [0.1, 0.15) is 5.69 Å². The van der Waals surface area contributed by atoms with E-state index in [4.69, 9.17) is 15.2 Å². The highest BCUT2D eigenvalue weighted by Crippen LogP contribution is 2.44. The molecule has 1 aliphatic rings. The van der Waals surface area contributed by atoms with Gasteiger partial charge in [-0.1, -0.05) is 17.7 Å². The van der Waals surface area contributed by atoms with Gasteiger partial charge in [0, 0.05) is 17.2 Å². The first kappa shape index (κ1) is 20.0. The Bertz CT molecular complexity index is 1200. The summed E-state index contributed by atoms with van der Waals surface area (Å²) in [5.74, 6) is 1.27. The van der Waals surface area contributed by atoms with E-state index in [0.29, 0.717) is 35.0 Å². The van der Waals surface area contributed by atoms with E-state index in [-0.39, 0.29) is 11.7 Å². The number of nitrogens with zero attached hydrogens (tertiary/aromatic N) is 2. The summed E-state index contributed by atoms with van der Waals surface area (Å²) in [6.45, 7) is 8.11. The quantitative estimate of drug-likeness (QED) is 0.706. The third-order valence-corrected chi connectivity index (χ3v) is 5.90. The van der Waals surface area contributed by atoms with Gasteiger partial charge in [-0.3, -0.25) is 4.57 Å². The average molecular weight is 405 g/mol. The van der Waals surface area contributed by atoms with Crippen molar-refractivity contribution in [2.75, 3.05) is 20.0 Å². The van der Waals surface area contributed by atoms with E-state index in [1.54, 1.807) is 18.8 Å². The molecule has 0 spiro atoms. The van der Waals surface area contributed by atoms with Gasteiger partial charge in [0.15, 0.2) is 11.5 Å². The molecule has 2 aromatic carbocycles. The second-order valence-corrected chi connectivity index (χ2v) is 8.07. The summed E-state index contributed by atoms with van der Waals surface area (Å²) in [6.07, 6.45) is 0.686. The fourth-order valence-corrected chi connectivity index (χ4v) is 4.70. The van der Waals surface area contributed by atoms with E-state index in [1.165, 1.54) is 0 Å². The van der Waals surface area contributed by atoms with Crippen molar-refractivity contribution in [3.8, 4) is 34.0 Å². The maximum atomic E-state index is 13.1. The first-order valence-electron chi connectivity index (χ1n) is 10.0. The highest BCUT2D eigenvalue weighted by molar-refractivity contribution is 5.89. The summed E-state index contributed by atoms with van der Waals surface area (Å²) in [7, 11) is 3.22. The number of methoxy groups -OCH3 is 2. The van der Waals surface area contributed by atoms with Crippen molar-refractivity contribution in [3.63, 3.8) is 0 Å². The van der Waals surface area contributed by atoms with Crippen LogP contribution in [-0.2, 0) is 6.42 Å². The molecule has 0 radical (unpaired) electrons. The third kappa shape index (κ3) is 2.95. The maximum Gasteiger partial charge on any atom is 0.349 e. The number of hydrogen-bond donors (Lipinski definition) is 1. The molecule has 6 heteroatoms. The molecule has 2 N–H and O–H groups in total. The summed E-state index contributed by atoms with van der Waals surface area (Å²) in [5.41, 5.74) is 14.3. The lowest BCUT2D eigenvalue weighted by atomic mass is 9.90. The van der Waals surface area contributed by atoms with Crippen LogP contribution in [0.2, 0.25) is 0 Å². The normalized spacial score (nSPS) is 14.8. The summed E-state index contributed by atoms with van der Waals surface area (Å²) in [5, 5.41) is 0. The molecule has 1 unspecified atom stereocenters. The average Bonchev–Trinajstić information content (AvgIpc) is 2.68. The van der Waals surface area contributed by atoms with Crippen LogP contribution in [0.1, 0.15) is 35.2 Å². The molecule has 156 valence electrons. The van der Waals surface area contributed by atoms with E-state index in [2.05, 4.69) is 24.0 Å². The number of nitrogen functional groups attached to an aromatic ring is 1. The molecular formula is C24H27N3O3. The number of ether oxygens (including phenoxy) is 2. The zero-order chi connectivity index (χ0) is 21.7. The standard InChI is InChI=1S/C24H27N3O3/c1-12-7-13(2)20(14(3)8-12)22-21(25)23-17-11-19(30-6)18(29-5)10-16(17)9-15(4)27(23)24(28)26-22/h7-8,10-11,15H,9,25H2,1-6H3. The smallest absolute Gasteiger partial charge is 0.349 e. The van der Waals surface area contributed by atoms with Crippen LogP contribution in [0.15, 0.2) is 29.1 Å². The number of aromatic nitrogens is 2. The minimum atomic E-state index is -0.290. The Morgan fingerprint density at radius 2 is 1.63 bits per heavy atom. The minimum absolute atomic E-state index is 0.0674. The second kappa shape index (κ2) is 7.20. The molecule has 0 saturated heterocycles. The molecule has 1 aliphatic heterocycles. The fraction of sp³-hybridized carbons (Fsp3) is 0.333. The molecule has 3 aromatic rings. The van der Waals surface area contributed by atoms with Gasteiger partial charge < -0.3 is 15.2 Å². The molecule has 1 aromatic heterocycles. The van der Waals surface area contributed by atoms with Crippen LogP contribution in [0.25, 0.3) is 22.5 Å². The molecule has 6 nitrogen and oxygen atoms in total. The summed E-state index contributed by atoms with van der Waals surface area (Å²) in [4.78, 5) is 17.6. The van der Waals surface area contributed by atoms with Crippen LogP contribution >= 0.6 is 0 Å². The molecule has 0 aliphatic carbocycles. The predicted molar refractivity (Wildman–Crippen MR) is 120 cm³/mol. The van der Waals surface area contributed by atoms with E-state index in [9.17, 15) is 4.79 Å². The second-order valence-electron chi connectivity index (χ2n) is 8.07. The number of nitrogens with two attached hydrogens (primary N) is 1. The third-order valence-electron chi connectivity index (χ3n) is 5.90. The Hall–Kier alpha value is -3.28. The number of rotatable bonds is 3. The minimum Gasteiger partial charge on any atom is -0.493 e. The highest BCUT2D eigenvalue weighted by Gasteiger charge is 2.29. The van der Waals surface area contributed by atoms with Crippen LogP contribution in [0.3, 0.4) is 0 Å². The number of hydrogen-bond acceptors (Lipinski definition) is 5. The molecular weight excluding hydrogens is 378 g/mol.